The van der Waals surface area contributed by atoms with Crippen LogP contribution >= 0.6 is 12.4 Å². The van der Waals surface area contributed by atoms with Crippen molar-refractivity contribution in [3.8, 4) is 5.75 Å². The summed E-state index contributed by atoms with van der Waals surface area (Å²) in [6, 6.07) is -6.28. The topological polar surface area (TPSA) is 365 Å². The van der Waals surface area contributed by atoms with Gasteiger partial charge < -0.3 is 82.8 Å². The number of phenolic OH excluding ortho intramolecular Hbond substituents is 1. The predicted molar refractivity (Wildman–Crippen MR) is 195 cm³/mol. The SMILES string of the molecule is C[C@@H](O)[C@@H]1NC(=O)[C@H]([C@H](O)[C@@H](O)c2ccc(O)cc2)NC(=O)[C@@H]2C[C@@H](O)CN2C(=O)[C@H]([C@@H](C)O)NC(=O)[C@@H](N)C[C@H](O)[C@@H](O)NC(=O)[C@@H]2[C@@H](O)[C@@H](C)CN2C1=O.Cl. The lowest BCUT2D eigenvalue weighted by Gasteiger charge is -2.34. The lowest BCUT2D eigenvalue weighted by Crippen LogP contribution is -2.64. The van der Waals surface area contributed by atoms with Crippen LogP contribution in [0.15, 0.2) is 24.3 Å². The van der Waals surface area contributed by atoms with Crippen molar-refractivity contribution in [2.75, 3.05) is 13.1 Å². The van der Waals surface area contributed by atoms with Crippen molar-refractivity contribution in [3.05, 3.63) is 29.8 Å². The maximum atomic E-state index is 14.0. The van der Waals surface area contributed by atoms with Crippen molar-refractivity contribution in [2.45, 2.75) is 119 Å². The van der Waals surface area contributed by atoms with Crippen LogP contribution in [0.5, 0.6) is 5.75 Å². The van der Waals surface area contributed by atoms with Crippen molar-refractivity contribution in [1.29, 1.82) is 0 Å². The number of nitrogens with two attached hydrogens (primary N) is 1. The molecule has 0 bridgehead atoms. The van der Waals surface area contributed by atoms with Gasteiger partial charge in [0.25, 0.3) is 0 Å². The Morgan fingerprint density at radius 1 is 0.702 bits per heavy atom. The van der Waals surface area contributed by atoms with E-state index in [0.717, 1.165) is 35.8 Å². The Balaban J connectivity index is 0.00000870. The van der Waals surface area contributed by atoms with Crippen LogP contribution in [-0.2, 0) is 28.8 Å². The van der Waals surface area contributed by atoms with E-state index in [1.807, 2.05) is 5.32 Å². The standard InChI is InChI=1S/C34H51N7O15.ClH/c1-12-10-41-24(25(12)47)32(54)39-30(52)20(46)9-18(35)28(50)36-21(13(2)42)33(55)40-11-17(45)8-19(40)29(51)38-23(31(53)37-22(14(3)43)34(41)56)27(49)26(48)15-4-6-16(44)7-5-15;/h4-7,12-14,17-27,30,42-49,52H,8-11,35H2,1-3H3,(H,36,50)(H,37,53)(H,38,51)(H,39,54);1H/t12-,13+,14+,17+,18-,19-,20-,21-,22-,23-,24-,25-,26-,27-,30+;/m0./s1. The van der Waals surface area contributed by atoms with Crippen molar-refractivity contribution in [2.24, 2.45) is 11.7 Å². The molecule has 0 unspecified atom stereocenters. The molecule has 3 saturated heterocycles. The molecule has 22 nitrogen and oxygen atoms in total. The third-order valence-corrected chi connectivity index (χ3v) is 10.2. The van der Waals surface area contributed by atoms with Gasteiger partial charge in [0.15, 0.2) is 6.23 Å². The third-order valence-electron chi connectivity index (χ3n) is 10.2. The van der Waals surface area contributed by atoms with Crippen LogP contribution in [0.3, 0.4) is 0 Å². The van der Waals surface area contributed by atoms with Crippen molar-refractivity contribution in [3.63, 3.8) is 0 Å². The molecule has 1 aromatic rings. The summed E-state index contributed by atoms with van der Waals surface area (Å²) in [4.78, 5) is 83.9. The molecule has 3 aliphatic rings. The molecule has 0 saturated carbocycles. The van der Waals surface area contributed by atoms with Crippen LogP contribution in [0.4, 0.5) is 0 Å². The van der Waals surface area contributed by atoms with Gasteiger partial charge in [-0.3, -0.25) is 28.8 Å². The highest BCUT2D eigenvalue weighted by Crippen LogP contribution is 2.27. The van der Waals surface area contributed by atoms with E-state index in [9.17, 15) is 74.7 Å². The molecule has 3 heterocycles. The average molecular weight is 834 g/mol. The van der Waals surface area contributed by atoms with Gasteiger partial charge in [-0.2, -0.15) is 0 Å². The fraction of sp³-hybridized carbons (Fsp3) is 0.647. The van der Waals surface area contributed by atoms with Crippen molar-refractivity contribution >= 4 is 47.9 Å². The Hall–Kier alpha value is -4.23. The number of nitrogens with zero attached hydrogens (tertiary/aromatic N) is 2. The number of rotatable bonds is 5. The largest absolute Gasteiger partial charge is 0.508 e. The molecule has 3 fully saturated rings. The fourth-order valence-corrected chi connectivity index (χ4v) is 6.92. The molecule has 23 heteroatoms. The molecular weight excluding hydrogens is 782 g/mol. The first-order valence-electron chi connectivity index (χ1n) is 18.0. The van der Waals surface area contributed by atoms with Gasteiger partial charge in [0.2, 0.25) is 35.4 Å². The van der Waals surface area contributed by atoms with Gasteiger partial charge in [0.1, 0.15) is 54.3 Å². The van der Waals surface area contributed by atoms with Crippen LogP contribution in [-0.4, -0.2) is 183 Å². The van der Waals surface area contributed by atoms with E-state index >= 15 is 0 Å². The van der Waals surface area contributed by atoms with E-state index in [2.05, 4.69) is 16.0 Å². The van der Waals surface area contributed by atoms with Gasteiger partial charge >= 0.3 is 0 Å². The second kappa shape index (κ2) is 19.5. The summed E-state index contributed by atoms with van der Waals surface area (Å²) in [5.74, 6) is -8.12. The second-order valence-electron chi connectivity index (χ2n) is 14.6. The van der Waals surface area contributed by atoms with E-state index in [0.29, 0.717) is 0 Å². The minimum absolute atomic E-state index is 0. The number of aliphatic hydroxyl groups excluding tert-OH is 8. The zero-order chi connectivity index (χ0) is 41.9. The number of benzene rings is 1. The van der Waals surface area contributed by atoms with Gasteiger partial charge in [-0.15, -0.1) is 12.4 Å². The molecule has 4 rings (SSSR count). The summed E-state index contributed by atoms with van der Waals surface area (Å²) < 4.78 is 0. The van der Waals surface area contributed by atoms with E-state index in [1.54, 1.807) is 0 Å². The lowest BCUT2D eigenvalue weighted by atomic mass is 9.96. The third kappa shape index (κ3) is 10.6. The number of fused-ring (bicyclic) bond motifs is 2. The van der Waals surface area contributed by atoms with Gasteiger partial charge in [0.05, 0.1) is 30.5 Å². The van der Waals surface area contributed by atoms with Crippen LogP contribution < -0.4 is 27.0 Å². The number of hydrogen-bond donors (Lipinski definition) is 14. The molecule has 0 aromatic heterocycles. The van der Waals surface area contributed by atoms with Crippen LogP contribution in [0, 0.1) is 5.92 Å². The second-order valence-corrected chi connectivity index (χ2v) is 14.6. The molecule has 6 amide bonds. The van der Waals surface area contributed by atoms with Gasteiger partial charge in [-0.1, -0.05) is 19.1 Å². The number of phenols is 1. The molecule has 0 spiro atoms. The zero-order valence-electron chi connectivity index (χ0n) is 31.2. The number of aromatic hydroxyl groups is 1. The minimum Gasteiger partial charge on any atom is -0.508 e. The van der Waals surface area contributed by atoms with E-state index < -0.39 is 146 Å². The fourth-order valence-electron chi connectivity index (χ4n) is 6.92. The zero-order valence-corrected chi connectivity index (χ0v) is 32.0. The first-order valence-corrected chi connectivity index (χ1v) is 18.0. The minimum atomic E-state index is -2.24. The van der Waals surface area contributed by atoms with Gasteiger partial charge in [-0.25, -0.2) is 0 Å². The van der Waals surface area contributed by atoms with E-state index in [1.165, 1.54) is 19.1 Å². The summed E-state index contributed by atoms with van der Waals surface area (Å²) in [6.07, 6.45) is -15.8. The molecule has 57 heavy (non-hydrogen) atoms. The highest BCUT2D eigenvalue weighted by molar-refractivity contribution is 5.98. The van der Waals surface area contributed by atoms with Crippen molar-refractivity contribution < 1.29 is 74.7 Å². The number of amides is 6. The maximum Gasteiger partial charge on any atom is 0.248 e. The molecule has 3 aliphatic heterocycles. The normalized spacial score (nSPS) is 34.6. The molecule has 15 N–H and O–H groups in total. The highest BCUT2D eigenvalue weighted by atomic mass is 35.5. The number of carbonyl (C=O) groups excluding carboxylic acids is 6. The summed E-state index contributed by atoms with van der Waals surface area (Å²) in [5, 5.41) is 105. The number of halogens is 1. The Kier molecular flexibility index (Phi) is 16.1. The molecule has 0 aliphatic carbocycles. The molecule has 1 aromatic carbocycles. The van der Waals surface area contributed by atoms with Crippen LogP contribution in [0.1, 0.15) is 45.3 Å². The number of hydrogen-bond acceptors (Lipinski definition) is 16. The molecule has 15 atom stereocenters. The number of carbonyl (C=O) groups is 6. The Bertz CT molecular complexity index is 1620. The summed E-state index contributed by atoms with van der Waals surface area (Å²) in [7, 11) is 0. The number of aliphatic hydroxyl groups is 8. The van der Waals surface area contributed by atoms with Crippen LogP contribution in [0.2, 0.25) is 0 Å². The quantitative estimate of drug-likeness (QED) is 0.131. The summed E-state index contributed by atoms with van der Waals surface area (Å²) in [5.41, 5.74) is 5.88. The Morgan fingerprint density at radius 3 is 1.79 bits per heavy atom. The van der Waals surface area contributed by atoms with Crippen molar-refractivity contribution in [1.82, 2.24) is 31.1 Å². The molecular formula is C34H52ClN7O15. The van der Waals surface area contributed by atoms with Gasteiger partial charge in [0, 0.05) is 31.8 Å². The molecule has 0 radical (unpaired) electrons. The maximum absolute atomic E-state index is 14.0. The Morgan fingerprint density at radius 2 is 1.23 bits per heavy atom. The predicted octanol–water partition coefficient (Wildman–Crippen LogP) is -6.88. The lowest BCUT2D eigenvalue weighted by molar-refractivity contribution is -0.148. The Labute approximate surface area is 332 Å². The van der Waals surface area contributed by atoms with E-state index in [4.69, 9.17) is 5.73 Å². The highest BCUT2D eigenvalue weighted by Gasteiger charge is 2.50. The first-order chi connectivity index (χ1) is 26.1. The smallest absolute Gasteiger partial charge is 0.248 e. The average Bonchev–Trinajstić information content (AvgIpc) is 3.68. The van der Waals surface area contributed by atoms with Gasteiger partial charge in [-0.05, 0) is 31.5 Å². The molecule has 320 valence electrons. The monoisotopic (exact) mass is 833 g/mol. The van der Waals surface area contributed by atoms with Crippen LogP contribution in [0.25, 0.3) is 0 Å². The first kappa shape index (κ1) is 47.1. The van der Waals surface area contributed by atoms with E-state index in [-0.39, 0.29) is 30.3 Å². The summed E-state index contributed by atoms with van der Waals surface area (Å²) in [6.45, 7) is 2.85. The summed E-state index contributed by atoms with van der Waals surface area (Å²) >= 11 is 0. The number of nitrogens with one attached hydrogen (secondary N) is 4.